The second kappa shape index (κ2) is 6.51. The molecule has 2 aromatic rings. The van der Waals surface area contributed by atoms with Crippen molar-refractivity contribution in [2.45, 2.75) is 32.4 Å². The van der Waals surface area contributed by atoms with Crippen LogP contribution in [-0.4, -0.2) is 21.1 Å². The average Bonchev–Trinajstić information content (AvgIpc) is 3.01. The molecule has 17 heavy (non-hydrogen) atoms. The topological polar surface area (TPSA) is 42.7 Å². The summed E-state index contributed by atoms with van der Waals surface area (Å²) in [5.41, 5.74) is 0. The van der Waals surface area contributed by atoms with Gasteiger partial charge in [0.25, 0.3) is 0 Å². The lowest BCUT2D eigenvalue weighted by atomic mass is 10.3. The average molecular weight is 250 g/mol. The maximum absolute atomic E-state index is 4.30. The van der Waals surface area contributed by atoms with E-state index in [1.807, 2.05) is 30.3 Å². The molecule has 0 spiro atoms. The summed E-state index contributed by atoms with van der Waals surface area (Å²) in [6.07, 6.45) is 9.90. The summed E-state index contributed by atoms with van der Waals surface area (Å²) in [5, 5.41) is 6.67. The van der Waals surface area contributed by atoms with E-state index >= 15 is 0 Å². The summed E-state index contributed by atoms with van der Waals surface area (Å²) in [6, 6.07) is 0.364. The second-order valence-corrected chi connectivity index (χ2v) is 4.98. The van der Waals surface area contributed by atoms with Gasteiger partial charge in [-0.05, 0) is 26.3 Å². The second-order valence-electron chi connectivity index (χ2n) is 4.05. The smallest absolute Gasteiger partial charge is 0.109 e. The molecule has 0 aliphatic heterocycles. The Balaban J connectivity index is 1.57. The zero-order valence-electron chi connectivity index (χ0n) is 10.0. The Bertz CT molecular complexity index is 396. The number of aryl methyl sites for hydroxylation is 1. The molecule has 0 aromatic carbocycles. The van der Waals surface area contributed by atoms with E-state index in [4.69, 9.17) is 0 Å². The molecule has 0 radical (unpaired) electrons. The van der Waals surface area contributed by atoms with Crippen molar-refractivity contribution in [1.29, 1.82) is 0 Å². The number of nitrogens with zero attached hydrogens (tertiary/aromatic N) is 3. The molecule has 1 atom stereocenters. The minimum Gasteiger partial charge on any atom is -0.337 e. The van der Waals surface area contributed by atoms with Gasteiger partial charge in [-0.3, -0.25) is 0 Å². The summed E-state index contributed by atoms with van der Waals surface area (Å²) in [7, 11) is 0. The van der Waals surface area contributed by atoms with Crippen LogP contribution in [0, 0.1) is 0 Å². The Morgan fingerprint density at radius 3 is 3.06 bits per heavy atom. The van der Waals surface area contributed by atoms with Gasteiger partial charge in [-0.25, -0.2) is 9.97 Å². The zero-order valence-corrected chi connectivity index (χ0v) is 10.9. The molecule has 4 nitrogen and oxygen atoms in total. The van der Waals surface area contributed by atoms with Gasteiger partial charge in [-0.1, -0.05) is 0 Å². The van der Waals surface area contributed by atoms with Crippen molar-refractivity contribution in [3.63, 3.8) is 0 Å². The summed E-state index contributed by atoms with van der Waals surface area (Å²) in [6.45, 7) is 4.25. The number of hydrogen-bond donors (Lipinski definition) is 1. The van der Waals surface area contributed by atoms with E-state index in [0.29, 0.717) is 6.04 Å². The molecule has 0 amide bonds. The van der Waals surface area contributed by atoms with Crippen molar-refractivity contribution in [3.05, 3.63) is 35.3 Å². The molecule has 5 heteroatoms. The van der Waals surface area contributed by atoms with Gasteiger partial charge >= 0.3 is 0 Å². The predicted octanol–water partition coefficient (Wildman–Crippen LogP) is 2.47. The summed E-state index contributed by atoms with van der Waals surface area (Å²) >= 11 is 1.71. The van der Waals surface area contributed by atoms with Crippen LogP contribution in [-0.2, 0) is 6.54 Å². The van der Waals surface area contributed by atoms with Crippen molar-refractivity contribution < 1.29 is 0 Å². The van der Waals surface area contributed by atoms with E-state index in [1.165, 1.54) is 17.8 Å². The first-order valence-electron chi connectivity index (χ1n) is 5.95. The monoisotopic (exact) mass is 250 g/mol. The van der Waals surface area contributed by atoms with Crippen LogP contribution in [0.4, 0.5) is 0 Å². The predicted molar refractivity (Wildman–Crippen MR) is 70.0 cm³/mol. The molecule has 0 aliphatic carbocycles. The molecule has 1 unspecified atom stereocenters. The minimum absolute atomic E-state index is 0.364. The Morgan fingerprint density at radius 2 is 2.35 bits per heavy atom. The fourth-order valence-corrected chi connectivity index (χ4v) is 2.36. The van der Waals surface area contributed by atoms with Gasteiger partial charge in [0.05, 0.1) is 12.4 Å². The summed E-state index contributed by atoms with van der Waals surface area (Å²) < 4.78 is 2.12. The van der Waals surface area contributed by atoms with Crippen LogP contribution in [0.3, 0.4) is 0 Å². The molecular weight excluding hydrogens is 232 g/mol. The number of rotatable bonds is 7. The highest BCUT2D eigenvalue weighted by atomic mass is 32.1. The molecule has 0 saturated heterocycles. The fraction of sp³-hybridized carbons (Fsp3) is 0.500. The summed E-state index contributed by atoms with van der Waals surface area (Å²) in [4.78, 5) is 8.32. The number of hydrogen-bond acceptors (Lipinski definition) is 4. The Labute approximate surface area is 106 Å². The normalized spacial score (nSPS) is 12.8. The van der Waals surface area contributed by atoms with Gasteiger partial charge in [-0.2, -0.15) is 0 Å². The third-order valence-electron chi connectivity index (χ3n) is 2.67. The molecule has 2 rings (SSSR count). The molecule has 1 N–H and O–H groups in total. The molecule has 92 valence electrons. The molecule has 0 fully saturated rings. The van der Waals surface area contributed by atoms with Crippen molar-refractivity contribution >= 4 is 11.3 Å². The van der Waals surface area contributed by atoms with E-state index in [9.17, 15) is 0 Å². The number of imidazole rings is 1. The third kappa shape index (κ3) is 3.94. The lowest BCUT2D eigenvalue weighted by Gasteiger charge is -2.10. The van der Waals surface area contributed by atoms with Gasteiger partial charge in [-0.15, -0.1) is 11.3 Å². The summed E-state index contributed by atoms with van der Waals surface area (Å²) in [5.74, 6) is 0. The SMILES string of the molecule is CC(NCCCCn1ccnc1)c1nccs1. The molecular formula is C12H18N4S. The number of thiazole rings is 1. The largest absolute Gasteiger partial charge is 0.337 e. The van der Waals surface area contributed by atoms with Gasteiger partial charge in [0.2, 0.25) is 0 Å². The zero-order chi connectivity index (χ0) is 11.9. The van der Waals surface area contributed by atoms with E-state index in [2.05, 4.69) is 26.8 Å². The van der Waals surface area contributed by atoms with Crippen LogP contribution in [0.5, 0.6) is 0 Å². The lowest BCUT2D eigenvalue weighted by molar-refractivity contribution is 0.522. The molecule has 0 saturated carbocycles. The maximum Gasteiger partial charge on any atom is 0.109 e. The van der Waals surface area contributed by atoms with E-state index in [-0.39, 0.29) is 0 Å². The molecule has 2 heterocycles. The highest BCUT2D eigenvalue weighted by Crippen LogP contribution is 2.14. The van der Waals surface area contributed by atoms with Crippen LogP contribution in [0.2, 0.25) is 0 Å². The molecule has 0 aliphatic rings. The van der Waals surface area contributed by atoms with Crippen LogP contribution < -0.4 is 5.32 Å². The van der Waals surface area contributed by atoms with Crippen molar-refractivity contribution in [1.82, 2.24) is 19.9 Å². The highest BCUT2D eigenvalue weighted by molar-refractivity contribution is 7.09. The number of unbranched alkanes of at least 4 members (excludes halogenated alkanes) is 1. The quantitative estimate of drug-likeness (QED) is 0.768. The minimum atomic E-state index is 0.364. The standard InChI is InChI=1S/C12H18N4S/c1-11(12-15-6-9-17-12)14-4-2-3-7-16-8-5-13-10-16/h5-6,8-11,14H,2-4,7H2,1H3. The maximum atomic E-state index is 4.30. The van der Waals surface area contributed by atoms with Gasteiger partial charge < -0.3 is 9.88 Å². The Morgan fingerprint density at radius 1 is 1.41 bits per heavy atom. The molecule has 2 aromatic heterocycles. The number of aromatic nitrogens is 3. The van der Waals surface area contributed by atoms with E-state index < -0.39 is 0 Å². The third-order valence-corrected chi connectivity index (χ3v) is 3.63. The van der Waals surface area contributed by atoms with Crippen molar-refractivity contribution in [3.8, 4) is 0 Å². The van der Waals surface area contributed by atoms with Gasteiger partial charge in [0.15, 0.2) is 0 Å². The first-order chi connectivity index (χ1) is 8.36. The highest BCUT2D eigenvalue weighted by Gasteiger charge is 2.05. The number of nitrogens with one attached hydrogen (secondary N) is 1. The van der Waals surface area contributed by atoms with Crippen LogP contribution in [0.15, 0.2) is 30.3 Å². The lowest BCUT2D eigenvalue weighted by Crippen LogP contribution is -2.19. The Kier molecular flexibility index (Phi) is 4.70. The van der Waals surface area contributed by atoms with E-state index in [0.717, 1.165) is 13.1 Å². The van der Waals surface area contributed by atoms with E-state index in [1.54, 1.807) is 11.3 Å². The van der Waals surface area contributed by atoms with Crippen LogP contribution in [0.25, 0.3) is 0 Å². The first-order valence-corrected chi connectivity index (χ1v) is 6.83. The molecule has 0 bridgehead atoms. The van der Waals surface area contributed by atoms with Crippen LogP contribution in [0.1, 0.15) is 30.8 Å². The Hall–Kier alpha value is -1.20. The van der Waals surface area contributed by atoms with Crippen molar-refractivity contribution in [2.24, 2.45) is 0 Å². The van der Waals surface area contributed by atoms with Crippen LogP contribution >= 0.6 is 11.3 Å². The van der Waals surface area contributed by atoms with Gasteiger partial charge in [0.1, 0.15) is 5.01 Å². The van der Waals surface area contributed by atoms with Crippen molar-refractivity contribution in [2.75, 3.05) is 6.54 Å². The van der Waals surface area contributed by atoms with Gasteiger partial charge in [0, 0.05) is 30.5 Å². The fourth-order valence-electron chi connectivity index (χ4n) is 1.69. The first kappa shape index (κ1) is 12.3.